The van der Waals surface area contributed by atoms with E-state index < -0.39 is 6.04 Å². The number of anilines is 1. The van der Waals surface area contributed by atoms with Gasteiger partial charge in [-0.25, -0.2) is 0 Å². The third-order valence-corrected chi connectivity index (χ3v) is 2.57. The number of benzene rings is 1. The van der Waals surface area contributed by atoms with Gasteiger partial charge in [-0.05, 0) is 18.1 Å². The lowest BCUT2D eigenvalue weighted by Gasteiger charge is -2.16. The van der Waals surface area contributed by atoms with Crippen molar-refractivity contribution in [3.05, 3.63) is 23.2 Å². The summed E-state index contributed by atoms with van der Waals surface area (Å²) in [6.45, 7) is 3.70. The highest BCUT2D eigenvalue weighted by Gasteiger charge is 2.18. The minimum absolute atomic E-state index is 0.0290. The molecule has 4 nitrogen and oxygen atoms in total. The van der Waals surface area contributed by atoms with Crippen molar-refractivity contribution in [3.8, 4) is 5.75 Å². The number of nitrogens with two attached hydrogens (primary N) is 1. The Labute approximate surface area is 99.4 Å². The van der Waals surface area contributed by atoms with E-state index in [1.54, 1.807) is 12.1 Å². The van der Waals surface area contributed by atoms with Gasteiger partial charge in [0.2, 0.25) is 5.91 Å². The van der Waals surface area contributed by atoms with Gasteiger partial charge in [0.15, 0.2) is 5.75 Å². The van der Waals surface area contributed by atoms with Gasteiger partial charge >= 0.3 is 0 Å². The first kappa shape index (κ1) is 12.8. The van der Waals surface area contributed by atoms with Crippen LogP contribution in [-0.2, 0) is 4.79 Å². The lowest BCUT2D eigenvalue weighted by atomic mass is 10.0. The van der Waals surface area contributed by atoms with Gasteiger partial charge in [0.1, 0.15) is 0 Å². The van der Waals surface area contributed by atoms with E-state index in [2.05, 4.69) is 5.32 Å². The van der Waals surface area contributed by atoms with Crippen molar-refractivity contribution >= 4 is 23.2 Å². The first-order chi connectivity index (χ1) is 7.43. The molecule has 1 atom stereocenters. The number of rotatable bonds is 3. The fourth-order valence-electron chi connectivity index (χ4n) is 1.14. The Morgan fingerprint density at radius 2 is 2.12 bits per heavy atom. The van der Waals surface area contributed by atoms with Crippen LogP contribution in [0.25, 0.3) is 0 Å². The summed E-state index contributed by atoms with van der Waals surface area (Å²) in [6.07, 6.45) is 0. The van der Waals surface area contributed by atoms with Gasteiger partial charge in [-0.2, -0.15) is 0 Å². The van der Waals surface area contributed by atoms with Gasteiger partial charge < -0.3 is 16.2 Å². The number of hydrogen-bond donors (Lipinski definition) is 3. The summed E-state index contributed by atoms with van der Waals surface area (Å²) in [4.78, 5) is 11.6. The van der Waals surface area contributed by atoms with Crippen molar-refractivity contribution < 1.29 is 9.90 Å². The third-order valence-electron chi connectivity index (χ3n) is 2.27. The zero-order valence-corrected chi connectivity index (χ0v) is 9.95. The van der Waals surface area contributed by atoms with E-state index in [0.29, 0.717) is 0 Å². The SMILES string of the molecule is CC(C)[C@H](N)C(=O)Nc1cccc(Cl)c1O. The molecule has 1 rings (SSSR count). The Bertz CT molecular complexity index is 394. The third kappa shape index (κ3) is 2.87. The molecule has 0 heterocycles. The van der Waals surface area contributed by atoms with Crippen LogP contribution in [-0.4, -0.2) is 17.1 Å². The van der Waals surface area contributed by atoms with Crippen LogP contribution in [0.5, 0.6) is 5.75 Å². The second-order valence-electron chi connectivity index (χ2n) is 3.90. The van der Waals surface area contributed by atoms with Crippen molar-refractivity contribution in [2.75, 3.05) is 5.32 Å². The average Bonchev–Trinajstić information content (AvgIpc) is 2.23. The Kier molecular flexibility index (Phi) is 4.15. The van der Waals surface area contributed by atoms with Crippen LogP contribution in [0.1, 0.15) is 13.8 Å². The Hall–Kier alpha value is -1.26. The first-order valence-electron chi connectivity index (χ1n) is 4.97. The number of phenolic OH excluding ortho intramolecular Hbond substituents is 1. The molecular weight excluding hydrogens is 228 g/mol. The fraction of sp³-hybridized carbons (Fsp3) is 0.364. The number of hydrogen-bond acceptors (Lipinski definition) is 3. The average molecular weight is 243 g/mol. The highest BCUT2D eigenvalue weighted by Crippen LogP contribution is 2.31. The van der Waals surface area contributed by atoms with Gasteiger partial charge in [0, 0.05) is 0 Å². The number of carbonyl (C=O) groups excluding carboxylic acids is 1. The van der Waals surface area contributed by atoms with Gasteiger partial charge in [-0.15, -0.1) is 0 Å². The molecule has 1 amide bonds. The van der Waals surface area contributed by atoms with Crippen LogP contribution in [0.4, 0.5) is 5.69 Å². The summed E-state index contributed by atoms with van der Waals surface area (Å²) < 4.78 is 0. The molecule has 0 bridgehead atoms. The summed E-state index contributed by atoms with van der Waals surface area (Å²) >= 11 is 5.71. The lowest BCUT2D eigenvalue weighted by molar-refractivity contribution is -0.118. The molecule has 1 aromatic carbocycles. The van der Waals surface area contributed by atoms with Crippen molar-refractivity contribution in [3.63, 3.8) is 0 Å². The molecule has 0 radical (unpaired) electrons. The second kappa shape index (κ2) is 5.18. The van der Waals surface area contributed by atoms with Gasteiger partial charge in [0.25, 0.3) is 0 Å². The van der Waals surface area contributed by atoms with E-state index in [1.807, 2.05) is 13.8 Å². The highest BCUT2D eigenvalue weighted by molar-refractivity contribution is 6.32. The molecule has 0 unspecified atom stereocenters. The fourth-order valence-corrected chi connectivity index (χ4v) is 1.31. The predicted molar refractivity (Wildman–Crippen MR) is 64.6 cm³/mol. The van der Waals surface area contributed by atoms with Crippen LogP contribution in [0.3, 0.4) is 0 Å². The number of carbonyl (C=O) groups is 1. The maximum atomic E-state index is 11.6. The minimum atomic E-state index is -0.613. The Morgan fingerprint density at radius 1 is 1.50 bits per heavy atom. The largest absolute Gasteiger partial charge is 0.504 e. The lowest BCUT2D eigenvalue weighted by Crippen LogP contribution is -2.39. The zero-order chi connectivity index (χ0) is 12.3. The number of para-hydroxylation sites is 1. The van der Waals surface area contributed by atoms with E-state index in [-0.39, 0.29) is 28.3 Å². The smallest absolute Gasteiger partial charge is 0.241 e. The number of aromatic hydroxyl groups is 1. The molecule has 88 valence electrons. The van der Waals surface area contributed by atoms with Crippen LogP contribution < -0.4 is 11.1 Å². The molecule has 5 heteroatoms. The normalized spacial score (nSPS) is 12.6. The summed E-state index contributed by atoms with van der Waals surface area (Å²) in [5.74, 6) is -0.456. The highest BCUT2D eigenvalue weighted by atomic mass is 35.5. The molecular formula is C11H15ClN2O2. The number of phenols is 1. The summed E-state index contributed by atoms with van der Waals surface area (Å²) in [5.41, 5.74) is 5.94. The number of amides is 1. The predicted octanol–water partition coefficient (Wildman–Crippen LogP) is 1.97. The van der Waals surface area contributed by atoms with Crippen molar-refractivity contribution in [1.29, 1.82) is 0 Å². The maximum Gasteiger partial charge on any atom is 0.241 e. The Morgan fingerprint density at radius 3 is 2.69 bits per heavy atom. The zero-order valence-electron chi connectivity index (χ0n) is 9.20. The molecule has 1 aromatic rings. The van der Waals surface area contributed by atoms with Crippen molar-refractivity contribution in [1.82, 2.24) is 0 Å². The molecule has 0 spiro atoms. The monoisotopic (exact) mass is 242 g/mol. The van der Waals surface area contributed by atoms with Gasteiger partial charge in [-0.1, -0.05) is 31.5 Å². The maximum absolute atomic E-state index is 11.6. The standard InChI is InChI=1S/C11H15ClN2O2/c1-6(2)9(13)11(16)14-8-5-3-4-7(12)10(8)15/h3-6,9,15H,13H2,1-2H3,(H,14,16)/t9-/m0/s1. The first-order valence-corrected chi connectivity index (χ1v) is 5.35. The van der Waals surface area contributed by atoms with Crippen molar-refractivity contribution in [2.45, 2.75) is 19.9 Å². The van der Waals surface area contributed by atoms with E-state index >= 15 is 0 Å². The molecule has 4 N–H and O–H groups in total. The number of nitrogens with one attached hydrogen (secondary N) is 1. The quantitative estimate of drug-likeness (QED) is 0.710. The van der Waals surface area contributed by atoms with E-state index in [1.165, 1.54) is 6.07 Å². The van der Waals surface area contributed by atoms with Gasteiger partial charge in [0.05, 0.1) is 16.8 Å². The Balaban J connectivity index is 2.81. The molecule has 0 aromatic heterocycles. The van der Waals surface area contributed by atoms with Crippen LogP contribution in [0.15, 0.2) is 18.2 Å². The van der Waals surface area contributed by atoms with Gasteiger partial charge in [-0.3, -0.25) is 4.79 Å². The van der Waals surface area contributed by atoms with E-state index in [9.17, 15) is 9.90 Å². The molecule has 0 fully saturated rings. The molecule has 0 aliphatic rings. The minimum Gasteiger partial charge on any atom is -0.504 e. The second-order valence-corrected chi connectivity index (χ2v) is 4.30. The van der Waals surface area contributed by atoms with E-state index in [0.717, 1.165) is 0 Å². The van der Waals surface area contributed by atoms with Crippen molar-refractivity contribution in [2.24, 2.45) is 11.7 Å². The van der Waals surface area contributed by atoms with Crippen LogP contribution >= 0.6 is 11.6 Å². The van der Waals surface area contributed by atoms with E-state index in [4.69, 9.17) is 17.3 Å². The molecule has 0 saturated heterocycles. The number of halogens is 1. The van der Waals surface area contributed by atoms with Crippen LogP contribution in [0.2, 0.25) is 5.02 Å². The molecule has 0 aliphatic heterocycles. The topological polar surface area (TPSA) is 75.4 Å². The summed E-state index contributed by atoms with van der Waals surface area (Å²) in [7, 11) is 0. The molecule has 16 heavy (non-hydrogen) atoms. The molecule has 0 aliphatic carbocycles. The summed E-state index contributed by atoms with van der Waals surface area (Å²) in [6, 6.07) is 4.12. The molecule has 0 saturated carbocycles. The van der Waals surface area contributed by atoms with Crippen LogP contribution in [0, 0.1) is 5.92 Å². The summed E-state index contributed by atoms with van der Waals surface area (Å²) in [5, 5.41) is 12.3.